The van der Waals surface area contributed by atoms with Gasteiger partial charge in [0.1, 0.15) is 12.1 Å². The highest BCUT2D eigenvalue weighted by molar-refractivity contribution is 5.90. The number of amides is 2. The number of unbranched alkanes of at least 4 members (excludes halogenated alkanes) is 8. The summed E-state index contributed by atoms with van der Waals surface area (Å²) in [5.74, 6) is -1.57. The van der Waals surface area contributed by atoms with Crippen LogP contribution in [0.2, 0.25) is 0 Å². The van der Waals surface area contributed by atoms with Crippen molar-refractivity contribution in [3.63, 3.8) is 0 Å². The lowest BCUT2D eigenvalue weighted by Crippen LogP contribution is -2.52. The van der Waals surface area contributed by atoms with E-state index in [9.17, 15) is 19.2 Å². The molecule has 0 aliphatic rings. The van der Waals surface area contributed by atoms with Crippen molar-refractivity contribution in [3.8, 4) is 0 Å². The number of methoxy groups -OCH3 is 2. The molecule has 0 rings (SSSR count). The number of ether oxygens (including phenoxy) is 2. The van der Waals surface area contributed by atoms with E-state index in [4.69, 9.17) is 4.74 Å². The van der Waals surface area contributed by atoms with Crippen molar-refractivity contribution in [2.24, 2.45) is 5.92 Å². The number of carbonyl (C=O) groups excluding carboxylic acids is 4. The molecule has 0 saturated heterocycles. The van der Waals surface area contributed by atoms with E-state index in [0.717, 1.165) is 19.3 Å². The van der Waals surface area contributed by atoms with Gasteiger partial charge in [-0.3, -0.25) is 14.4 Å². The molecule has 0 aromatic heterocycles. The molecule has 2 amide bonds. The van der Waals surface area contributed by atoms with Crippen molar-refractivity contribution < 1.29 is 28.7 Å². The third-order valence-corrected chi connectivity index (χ3v) is 5.53. The van der Waals surface area contributed by atoms with Gasteiger partial charge in [0, 0.05) is 12.8 Å². The van der Waals surface area contributed by atoms with E-state index in [1.165, 1.54) is 52.7 Å². The first-order valence-corrected chi connectivity index (χ1v) is 12.5. The number of rotatable bonds is 19. The molecule has 0 aromatic carbocycles. The van der Waals surface area contributed by atoms with Crippen molar-refractivity contribution in [1.82, 2.24) is 10.6 Å². The lowest BCUT2D eigenvalue weighted by molar-refractivity contribution is -0.146. The van der Waals surface area contributed by atoms with E-state index in [1.807, 2.05) is 13.8 Å². The fraction of sp³-hybridized carbons (Fsp3) is 0.840. The molecule has 0 bridgehead atoms. The van der Waals surface area contributed by atoms with Gasteiger partial charge in [-0.15, -0.1) is 0 Å². The molecule has 0 fully saturated rings. The summed E-state index contributed by atoms with van der Waals surface area (Å²) >= 11 is 0. The Labute approximate surface area is 199 Å². The van der Waals surface area contributed by atoms with E-state index >= 15 is 0 Å². The Morgan fingerprint density at radius 1 is 0.727 bits per heavy atom. The van der Waals surface area contributed by atoms with E-state index in [2.05, 4.69) is 22.3 Å². The Hall–Kier alpha value is -2.12. The quantitative estimate of drug-likeness (QED) is 0.218. The van der Waals surface area contributed by atoms with Crippen LogP contribution in [0.4, 0.5) is 0 Å². The Kier molecular flexibility index (Phi) is 18.1. The number of hydrogen-bond acceptors (Lipinski definition) is 6. The van der Waals surface area contributed by atoms with E-state index in [-0.39, 0.29) is 24.7 Å². The van der Waals surface area contributed by atoms with Crippen LogP contribution in [0.3, 0.4) is 0 Å². The molecule has 192 valence electrons. The van der Waals surface area contributed by atoms with Gasteiger partial charge in [0.25, 0.3) is 0 Å². The van der Waals surface area contributed by atoms with Crippen LogP contribution >= 0.6 is 0 Å². The molecule has 0 aliphatic heterocycles. The zero-order valence-electron chi connectivity index (χ0n) is 21.4. The van der Waals surface area contributed by atoms with Crippen LogP contribution in [-0.4, -0.2) is 50.1 Å². The number of hydrogen-bond donors (Lipinski definition) is 2. The standard InChI is InChI=1S/C25H46N2O6/c1-6-7-8-9-10-11-12-13-14-15-22(28)26-21(18-19(2)3)24(30)27-20(25(31)33-5)16-17-23(29)32-4/h19-21H,6-18H2,1-5H3,(H,26,28)(H,27,30)/t20?,21-/m0/s1. The SMILES string of the molecule is CCCCCCCCCCCC(=O)N[C@@H](CC(C)C)C(=O)NC(CCC(=O)OC)C(=O)OC. The molecule has 0 saturated carbocycles. The Morgan fingerprint density at radius 3 is 1.82 bits per heavy atom. The van der Waals surface area contributed by atoms with Gasteiger partial charge in [0.15, 0.2) is 0 Å². The van der Waals surface area contributed by atoms with Gasteiger partial charge >= 0.3 is 11.9 Å². The van der Waals surface area contributed by atoms with E-state index < -0.39 is 29.9 Å². The summed E-state index contributed by atoms with van der Waals surface area (Å²) in [6.45, 7) is 6.13. The van der Waals surface area contributed by atoms with Gasteiger partial charge in [-0.25, -0.2) is 4.79 Å². The molecule has 2 atom stereocenters. The first kappa shape index (κ1) is 30.9. The van der Waals surface area contributed by atoms with Crippen molar-refractivity contribution >= 4 is 23.8 Å². The second-order valence-electron chi connectivity index (χ2n) is 9.03. The monoisotopic (exact) mass is 470 g/mol. The van der Waals surface area contributed by atoms with Crippen molar-refractivity contribution in [3.05, 3.63) is 0 Å². The van der Waals surface area contributed by atoms with Crippen LogP contribution in [0.5, 0.6) is 0 Å². The lowest BCUT2D eigenvalue weighted by Gasteiger charge is -2.23. The zero-order chi connectivity index (χ0) is 25.1. The Balaban J connectivity index is 4.58. The van der Waals surface area contributed by atoms with Gasteiger partial charge in [-0.1, -0.05) is 72.1 Å². The maximum atomic E-state index is 12.8. The average Bonchev–Trinajstić information content (AvgIpc) is 2.78. The largest absolute Gasteiger partial charge is 0.469 e. The molecule has 33 heavy (non-hydrogen) atoms. The minimum atomic E-state index is -0.981. The molecule has 0 aliphatic carbocycles. The number of nitrogens with one attached hydrogen (secondary N) is 2. The first-order chi connectivity index (χ1) is 15.7. The van der Waals surface area contributed by atoms with Crippen LogP contribution in [0.15, 0.2) is 0 Å². The summed E-state index contributed by atoms with van der Waals surface area (Å²) in [5.41, 5.74) is 0. The van der Waals surface area contributed by atoms with Crippen molar-refractivity contribution in [1.29, 1.82) is 0 Å². The van der Waals surface area contributed by atoms with Gasteiger partial charge < -0.3 is 20.1 Å². The second-order valence-corrected chi connectivity index (χ2v) is 9.03. The average molecular weight is 471 g/mol. The topological polar surface area (TPSA) is 111 Å². The van der Waals surface area contributed by atoms with Gasteiger partial charge in [0.05, 0.1) is 14.2 Å². The highest BCUT2D eigenvalue weighted by atomic mass is 16.5. The van der Waals surface area contributed by atoms with Gasteiger partial charge in [0.2, 0.25) is 11.8 Å². The molecular formula is C25H46N2O6. The molecule has 0 heterocycles. The molecule has 8 heteroatoms. The minimum Gasteiger partial charge on any atom is -0.469 e. The second kappa shape index (κ2) is 19.4. The predicted molar refractivity (Wildman–Crippen MR) is 128 cm³/mol. The van der Waals surface area contributed by atoms with E-state index in [1.54, 1.807) is 0 Å². The number of esters is 2. The van der Waals surface area contributed by atoms with Crippen LogP contribution in [0.1, 0.15) is 104 Å². The summed E-state index contributed by atoms with van der Waals surface area (Å²) in [4.78, 5) is 48.7. The van der Waals surface area contributed by atoms with Crippen LogP contribution < -0.4 is 10.6 Å². The van der Waals surface area contributed by atoms with Crippen LogP contribution in [-0.2, 0) is 28.7 Å². The summed E-state index contributed by atoms with van der Waals surface area (Å²) in [7, 11) is 2.48. The zero-order valence-corrected chi connectivity index (χ0v) is 21.4. The van der Waals surface area contributed by atoms with Crippen molar-refractivity contribution in [2.75, 3.05) is 14.2 Å². The normalized spacial score (nSPS) is 12.7. The lowest BCUT2D eigenvalue weighted by atomic mass is 10.0. The summed E-state index contributed by atoms with van der Waals surface area (Å²) < 4.78 is 9.34. The molecule has 8 nitrogen and oxygen atoms in total. The highest BCUT2D eigenvalue weighted by Crippen LogP contribution is 2.12. The third kappa shape index (κ3) is 16.2. The summed E-state index contributed by atoms with van der Waals surface area (Å²) in [6, 6.07) is -1.73. The smallest absolute Gasteiger partial charge is 0.328 e. The molecule has 0 aromatic rings. The minimum absolute atomic E-state index is 0.0314. The summed E-state index contributed by atoms with van der Waals surface area (Å²) in [5, 5.41) is 5.44. The molecule has 0 radical (unpaired) electrons. The van der Waals surface area contributed by atoms with Crippen LogP contribution in [0.25, 0.3) is 0 Å². The highest BCUT2D eigenvalue weighted by Gasteiger charge is 2.28. The Bertz CT molecular complexity index is 579. The van der Waals surface area contributed by atoms with Gasteiger partial charge in [-0.05, 0) is 25.2 Å². The predicted octanol–water partition coefficient (Wildman–Crippen LogP) is 4.05. The first-order valence-electron chi connectivity index (χ1n) is 12.5. The fourth-order valence-corrected chi connectivity index (χ4v) is 3.59. The maximum absolute atomic E-state index is 12.8. The van der Waals surface area contributed by atoms with Gasteiger partial charge in [-0.2, -0.15) is 0 Å². The molecular weight excluding hydrogens is 424 g/mol. The van der Waals surface area contributed by atoms with Crippen molar-refractivity contribution in [2.45, 2.75) is 116 Å². The fourth-order valence-electron chi connectivity index (χ4n) is 3.59. The molecule has 2 N–H and O–H groups in total. The summed E-state index contributed by atoms with van der Waals surface area (Å²) in [6.07, 6.45) is 11.4. The van der Waals surface area contributed by atoms with Crippen LogP contribution in [0, 0.1) is 5.92 Å². The molecule has 0 spiro atoms. The Morgan fingerprint density at radius 2 is 1.30 bits per heavy atom. The third-order valence-electron chi connectivity index (χ3n) is 5.53. The molecule has 1 unspecified atom stereocenters. The van der Waals surface area contributed by atoms with E-state index in [0.29, 0.717) is 12.8 Å². The maximum Gasteiger partial charge on any atom is 0.328 e. The number of carbonyl (C=O) groups is 4.